The zero-order chi connectivity index (χ0) is 15.6. The van der Waals surface area contributed by atoms with E-state index in [2.05, 4.69) is 15.6 Å². The van der Waals surface area contributed by atoms with E-state index in [1.54, 1.807) is 0 Å². The van der Waals surface area contributed by atoms with Crippen LogP contribution in [0.2, 0.25) is 0 Å². The first-order valence-corrected chi connectivity index (χ1v) is 6.82. The van der Waals surface area contributed by atoms with Crippen LogP contribution in [0.3, 0.4) is 0 Å². The number of nitrogens with zero attached hydrogens (tertiary/aromatic N) is 2. The second kappa shape index (κ2) is 5.87. The molecule has 1 aliphatic rings. The summed E-state index contributed by atoms with van der Waals surface area (Å²) in [7, 11) is 0. The molecule has 1 aromatic rings. The standard InChI is InChI=1S/C11H12N4O5S/c1-5-9(17)14-7(16)3-15(5)11(20)12-2-8-13-6(4-21-8)10(18)19/h4-5H,2-3H2,1H3,(H,12,20)(H,18,19)(H,14,16,17). The number of nitrogens with one attached hydrogen (secondary N) is 2. The lowest BCUT2D eigenvalue weighted by Gasteiger charge is -2.31. The molecule has 0 saturated carbocycles. The first kappa shape index (κ1) is 14.9. The number of rotatable bonds is 3. The van der Waals surface area contributed by atoms with Crippen LogP contribution in [0.1, 0.15) is 22.4 Å². The first-order valence-electron chi connectivity index (χ1n) is 5.94. The predicted octanol–water partition coefficient (Wildman–Crippen LogP) is -0.602. The third kappa shape index (κ3) is 3.34. The monoisotopic (exact) mass is 312 g/mol. The SMILES string of the molecule is CC1C(=O)NC(=O)CN1C(=O)NCc1nc(C(=O)O)cs1. The number of imide groups is 1. The minimum Gasteiger partial charge on any atom is -0.476 e. The molecular weight excluding hydrogens is 300 g/mol. The van der Waals surface area contributed by atoms with Crippen LogP contribution in [0.25, 0.3) is 0 Å². The van der Waals surface area contributed by atoms with Crippen LogP contribution in [-0.2, 0) is 16.1 Å². The molecule has 1 aliphatic heterocycles. The summed E-state index contributed by atoms with van der Waals surface area (Å²) in [4.78, 5) is 50.3. The van der Waals surface area contributed by atoms with Crippen LogP contribution in [-0.4, -0.2) is 51.4 Å². The summed E-state index contributed by atoms with van der Waals surface area (Å²) in [6.45, 7) is 1.32. The van der Waals surface area contributed by atoms with E-state index in [0.717, 1.165) is 16.2 Å². The van der Waals surface area contributed by atoms with Gasteiger partial charge in [0.15, 0.2) is 5.69 Å². The quantitative estimate of drug-likeness (QED) is 0.639. The zero-order valence-corrected chi connectivity index (χ0v) is 11.8. The van der Waals surface area contributed by atoms with Crippen molar-refractivity contribution in [3.63, 3.8) is 0 Å². The van der Waals surface area contributed by atoms with Gasteiger partial charge in [-0.1, -0.05) is 0 Å². The van der Waals surface area contributed by atoms with E-state index in [0.29, 0.717) is 5.01 Å². The number of carbonyl (C=O) groups is 4. The number of hydrogen-bond donors (Lipinski definition) is 3. The highest BCUT2D eigenvalue weighted by molar-refractivity contribution is 7.09. The molecule has 0 radical (unpaired) electrons. The van der Waals surface area contributed by atoms with Crippen molar-refractivity contribution in [1.82, 2.24) is 20.5 Å². The molecule has 4 amide bonds. The fraction of sp³-hybridized carbons (Fsp3) is 0.364. The Bertz CT molecular complexity index is 614. The van der Waals surface area contributed by atoms with Crippen LogP contribution in [0.15, 0.2) is 5.38 Å². The minimum absolute atomic E-state index is 0.0236. The van der Waals surface area contributed by atoms with Crippen molar-refractivity contribution in [2.24, 2.45) is 0 Å². The summed E-state index contributed by atoms with van der Waals surface area (Å²) < 4.78 is 0. The molecule has 112 valence electrons. The van der Waals surface area contributed by atoms with Crippen molar-refractivity contribution in [3.8, 4) is 0 Å². The third-order valence-corrected chi connectivity index (χ3v) is 3.69. The van der Waals surface area contributed by atoms with Crippen LogP contribution in [0.5, 0.6) is 0 Å². The summed E-state index contributed by atoms with van der Waals surface area (Å²) in [5.74, 6) is -2.23. The molecule has 10 heteroatoms. The Hall–Kier alpha value is -2.49. The Labute approximate surface area is 123 Å². The fourth-order valence-electron chi connectivity index (χ4n) is 1.71. The van der Waals surface area contributed by atoms with E-state index in [1.807, 2.05) is 0 Å². The Morgan fingerprint density at radius 3 is 2.90 bits per heavy atom. The van der Waals surface area contributed by atoms with E-state index in [9.17, 15) is 19.2 Å². The molecular formula is C11H12N4O5S. The second-order valence-electron chi connectivity index (χ2n) is 4.31. The molecule has 1 atom stereocenters. The molecule has 0 aliphatic carbocycles. The third-order valence-electron chi connectivity index (χ3n) is 2.85. The van der Waals surface area contributed by atoms with E-state index in [4.69, 9.17) is 5.11 Å². The van der Waals surface area contributed by atoms with Crippen molar-refractivity contribution in [2.75, 3.05) is 6.54 Å². The number of hydrogen-bond acceptors (Lipinski definition) is 6. The van der Waals surface area contributed by atoms with Gasteiger partial charge in [-0.25, -0.2) is 14.6 Å². The molecule has 1 aromatic heterocycles. The number of aromatic nitrogens is 1. The molecule has 1 unspecified atom stereocenters. The highest BCUT2D eigenvalue weighted by atomic mass is 32.1. The summed E-state index contributed by atoms with van der Waals surface area (Å²) in [5.41, 5.74) is -0.0925. The Kier molecular flexibility index (Phi) is 4.17. The van der Waals surface area contributed by atoms with Gasteiger partial charge in [0.1, 0.15) is 17.6 Å². The molecule has 2 rings (SSSR count). The summed E-state index contributed by atoms with van der Waals surface area (Å²) >= 11 is 1.10. The minimum atomic E-state index is -1.14. The smallest absolute Gasteiger partial charge is 0.355 e. The molecule has 0 spiro atoms. The molecule has 1 fully saturated rings. The predicted molar refractivity (Wildman–Crippen MR) is 70.6 cm³/mol. The average molecular weight is 312 g/mol. The van der Waals surface area contributed by atoms with Gasteiger partial charge in [-0.15, -0.1) is 11.3 Å². The maximum absolute atomic E-state index is 12.0. The van der Waals surface area contributed by atoms with Crippen LogP contribution < -0.4 is 10.6 Å². The van der Waals surface area contributed by atoms with Crippen molar-refractivity contribution in [1.29, 1.82) is 0 Å². The highest BCUT2D eigenvalue weighted by Crippen LogP contribution is 2.10. The zero-order valence-electron chi connectivity index (χ0n) is 11.0. The molecule has 3 N–H and O–H groups in total. The van der Waals surface area contributed by atoms with Crippen molar-refractivity contribution in [2.45, 2.75) is 19.5 Å². The van der Waals surface area contributed by atoms with Gasteiger partial charge in [0.2, 0.25) is 11.8 Å². The molecule has 0 aromatic carbocycles. The number of urea groups is 1. The largest absolute Gasteiger partial charge is 0.476 e. The molecule has 9 nitrogen and oxygen atoms in total. The Morgan fingerprint density at radius 1 is 1.57 bits per heavy atom. The van der Waals surface area contributed by atoms with Crippen LogP contribution in [0.4, 0.5) is 4.79 Å². The van der Waals surface area contributed by atoms with Crippen LogP contribution in [0, 0.1) is 0 Å². The number of carbonyl (C=O) groups excluding carboxylic acids is 3. The lowest BCUT2D eigenvalue weighted by atomic mass is 10.2. The van der Waals surface area contributed by atoms with E-state index in [1.165, 1.54) is 12.3 Å². The average Bonchev–Trinajstić information content (AvgIpc) is 2.89. The molecule has 21 heavy (non-hydrogen) atoms. The molecule has 1 saturated heterocycles. The lowest BCUT2D eigenvalue weighted by Crippen LogP contribution is -2.60. The van der Waals surface area contributed by atoms with E-state index >= 15 is 0 Å². The summed E-state index contributed by atoms with van der Waals surface area (Å²) in [6.07, 6.45) is 0. The Balaban J connectivity index is 1.95. The van der Waals surface area contributed by atoms with E-state index < -0.39 is 29.9 Å². The van der Waals surface area contributed by atoms with E-state index in [-0.39, 0.29) is 18.8 Å². The second-order valence-corrected chi connectivity index (χ2v) is 5.25. The summed E-state index contributed by atoms with van der Waals surface area (Å²) in [5, 5.41) is 15.2. The summed E-state index contributed by atoms with van der Waals surface area (Å²) in [6, 6.07) is -1.34. The first-order chi connectivity index (χ1) is 9.88. The molecule has 0 bridgehead atoms. The van der Waals surface area contributed by atoms with Gasteiger partial charge in [-0.3, -0.25) is 14.9 Å². The van der Waals surface area contributed by atoms with Gasteiger partial charge >= 0.3 is 12.0 Å². The van der Waals surface area contributed by atoms with Gasteiger partial charge in [0.25, 0.3) is 0 Å². The van der Waals surface area contributed by atoms with Crippen molar-refractivity contribution >= 4 is 35.2 Å². The number of carboxylic acid groups (broad SMARTS) is 1. The van der Waals surface area contributed by atoms with Gasteiger partial charge in [-0.05, 0) is 6.92 Å². The molecule has 2 heterocycles. The van der Waals surface area contributed by atoms with Gasteiger partial charge in [-0.2, -0.15) is 0 Å². The van der Waals surface area contributed by atoms with Crippen molar-refractivity contribution < 1.29 is 24.3 Å². The maximum atomic E-state index is 12.0. The lowest BCUT2D eigenvalue weighted by molar-refractivity contribution is -0.137. The fourth-order valence-corrected chi connectivity index (χ4v) is 2.41. The van der Waals surface area contributed by atoms with Gasteiger partial charge in [0, 0.05) is 5.38 Å². The number of amides is 4. The number of carboxylic acids is 1. The van der Waals surface area contributed by atoms with Gasteiger partial charge in [0.05, 0.1) is 6.54 Å². The van der Waals surface area contributed by atoms with Crippen molar-refractivity contribution in [3.05, 3.63) is 16.1 Å². The van der Waals surface area contributed by atoms with Crippen LogP contribution >= 0.6 is 11.3 Å². The number of thiazole rings is 1. The number of piperazine rings is 1. The normalized spacial score (nSPS) is 18.3. The number of aromatic carboxylic acids is 1. The topological polar surface area (TPSA) is 129 Å². The highest BCUT2D eigenvalue weighted by Gasteiger charge is 2.33. The Morgan fingerprint density at radius 2 is 2.29 bits per heavy atom. The maximum Gasteiger partial charge on any atom is 0.355 e. The van der Waals surface area contributed by atoms with Gasteiger partial charge < -0.3 is 15.3 Å².